The maximum atomic E-state index is 9.14. The van der Waals surface area contributed by atoms with Gasteiger partial charge in [-0.2, -0.15) is 0 Å². The van der Waals surface area contributed by atoms with Crippen LogP contribution in [0.5, 0.6) is 11.5 Å². The van der Waals surface area contributed by atoms with Crippen LogP contribution in [0.25, 0.3) is 0 Å². The molecule has 0 aromatic heterocycles. The average molecular weight is 218 g/mol. The Kier molecular flexibility index (Phi) is 4.65. The summed E-state index contributed by atoms with van der Waals surface area (Å²) in [6.45, 7) is 3.65. The first kappa shape index (κ1) is 12.4. The number of aromatic hydroxyl groups is 2. The van der Waals surface area contributed by atoms with Crippen molar-refractivity contribution in [3.8, 4) is 11.5 Å². The van der Waals surface area contributed by atoms with Gasteiger partial charge in [-0.25, -0.2) is 0 Å². The molecule has 0 heterocycles. The minimum absolute atomic E-state index is 0.0139. The fourth-order valence-electron chi connectivity index (χ4n) is 1.33. The quantitative estimate of drug-likeness (QED) is 0.653. The highest BCUT2D eigenvalue weighted by molar-refractivity contribution is 5.47. The number of hydrogen-bond acceptors (Lipinski definition) is 2. The van der Waals surface area contributed by atoms with E-state index in [9.17, 15) is 0 Å². The van der Waals surface area contributed by atoms with Crippen LogP contribution >= 0.6 is 0 Å². The zero-order valence-electron chi connectivity index (χ0n) is 9.77. The molecule has 2 nitrogen and oxygen atoms in total. The van der Waals surface area contributed by atoms with Crippen molar-refractivity contribution >= 4 is 0 Å². The van der Waals surface area contributed by atoms with Crippen molar-refractivity contribution in [3.63, 3.8) is 0 Å². The Morgan fingerprint density at radius 1 is 0.938 bits per heavy atom. The van der Waals surface area contributed by atoms with Gasteiger partial charge in [0.1, 0.15) is 0 Å². The normalized spacial score (nSPS) is 13.1. The van der Waals surface area contributed by atoms with E-state index in [2.05, 4.69) is 24.3 Å². The predicted molar refractivity (Wildman–Crippen MR) is 66.8 cm³/mol. The lowest BCUT2D eigenvalue weighted by atomic mass is 10.1. The summed E-state index contributed by atoms with van der Waals surface area (Å²) in [4.78, 5) is 0. The van der Waals surface area contributed by atoms with E-state index in [-0.39, 0.29) is 11.5 Å². The van der Waals surface area contributed by atoms with Crippen LogP contribution in [-0.4, -0.2) is 10.2 Å². The van der Waals surface area contributed by atoms with Gasteiger partial charge in [-0.05, 0) is 43.9 Å². The topological polar surface area (TPSA) is 40.5 Å². The van der Waals surface area contributed by atoms with E-state index >= 15 is 0 Å². The molecule has 0 bridgehead atoms. The highest BCUT2D eigenvalue weighted by atomic mass is 16.3. The molecule has 1 aromatic rings. The van der Waals surface area contributed by atoms with Crippen molar-refractivity contribution < 1.29 is 10.2 Å². The van der Waals surface area contributed by atoms with Crippen molar-refractivity contribution in [2.24, 2.45) is 0 Å². The first-order chi connectivity index (χ1) is 7.63. The maximum absolute atomic E-state index is 9.14. The second kappa shape index (κ2) is 6.01. The number of aryl methyl sites for hydroxylation is 1. The molecule has 0 radical (unpaired) electrons. The standard InChI is InChI=1S/C8H10O2.C6H8/c1-5-3-4-7(9)8(10)6(5)2;1-2-4-6-5-3-1/h3-4,9-10H,1-2H3;1-4H,5-6H2. The Morgan fingerprint density at radius 2 is 1.50 bits per heavy atom. The van der Waals surface area contributed by atoms with Gasteiger partial charge in [-0.1, -0.05) is 30.4 Å². The monoisotopic (exact) mass is 218 g/mol. The SMILES string of the molecule is C1=CCCC=C1.Cc1ccc(O)c(O)c1C. The summed E-state index contributed by atoms with van der Waals surface area (Å²) in [6.07, 6.45) is 11.0. The number of phenolic OH excluding ortho intramolecular Hbond substituents is 2. The molecule has 0 spiro atoms. The Labute approximate surface area is 96.6 Å². The lowest BCUT2D eigenvalue weighted by Crippen LogP contribution is -1.80. The molecule has 0 saturated carbocycles. The lowest BCUT2D eigenvalue weighted by molar-refractivity contribution is 0.400. The Balaban J connectivity index is 0.000000181. The highest BCUT2D eigenvalue weighted by Gasteiger charge is 2.02. The molecule has 0 saturated heterocycles. The summed E-state index contributed by atoms with van der Waals surface area (Å²) < 4.78 is 0. The number of rotatable bonds is 0. The third kappa shape index (κ3) is 3.46. The Morgan fingerprint density at radius 3 is 1.88 bits per heavy atom. The van der Waals surface area contributed by atoms with Crippen LogP contribution < -0.4 is 0 Å². The summed E-state index contributed by atoms with van der Waals surface area (Å²) in [5, 5.41) is 18.1. The molecule has 1 aromatic carbocycles. The Bertz CT molecular complexity index is 364. The van der Waals surface area contributed by atoms with Crippen molar-refractivity contribution in [1.29, 1.82) is 0 Å². The number of benzene rings is 1. The molecule has 0 amide bonds. The fraction of sp³-hybridized carbons (Fsp3) is 0.286. The summed E-state index contributed by atoms with van der Waals surface area (Å²) in [7, 11) is 0. The molecular formula is C14H18O2. The largest absolute Gasteiger partial charge is 0.504 e. The van der Waals surface area contributed by atoms with Gasteiger partial charge < -0.3 is 10.2 Å². The van der Waals surface area contributed by atoms with E-state index < -0.39 is 0 Å². The lowest BCUT2D eigenvalue weighted by Gasteiger charge is -2.03. The molecule has 2 heteroatoms. The van der Waals surface area contributed by atoms with Crippen LogP contribution in [-0.2, 0) is 0 Å². The van der Waals surface area contributed by atoms with Crippen molar-refractivity contribution in [2.75, 3.05) is 0 Å². The van der Waals surface area contributed by atoms with Gasteiger partial charge in [0.05, 0.1) is 0 Å². The van der Waals surface area contributed by atoms with Gasteiger partial charge in [0.15, 0.2) is 11.5 Å². The minimum Gasteiger partial charge on any atom is -0.504 e. The van der Waals surface area contributed by atoms with Crippen LogP contribution in [0.15, 0.2) is 36.4 Å². The van der Waals surface area contributed by atoms with Gasteiger partial charge in [-0.3, -0.25) is 0 Å². The predicted octanol–water partition coefficient (Wildman–Crippen LogP) is 3.61. The zero-order valence-corrected chi connectivity index (χ0v) is 9.77. The van der Waals surface area contributed by atoms with Crippen LogP contribution in [0, 0.1) is 13.8 Å². The third-order valence-corrected chi connectivity index (χ3v) is 2.56. The molecule has 86 valence electrons. The van der Waals surface area contributed by atoms with Crippen LogP contribution in [0.2, 0.25) is 0 Å². The van der Waals surface area contributed by atoms with Crippen LogP contribution in [0.4, 0.5) is 0 Å². The van der Waals surface area contributed by atoms with E-state index in [4.69, 9.17) is 10.2 Å². The van der Waals surface area contributed by atoms with Gasteiger partial charge in [0.25, 0.3) is 0 Å². The zero-order chi connectivity index (χ0) is 12.0. The van der Waals surface area contributed by atoms with Gasteiger partial charge in [0.2, 0.25) is 0 Å². The Hall–Kier alpha value is -1.70. The molecule has 0 atom stereocenters. The van der Waals surface area contributed by atoms with Crippen LogP contribution in [0.3, 0.4) is 0 Å². The molecule has 16 heavy (non-hydrogen) atoms. The molecule has 0 fully saturated rings. The van der Waals surface area contributed by atoms with E-state index in [0.717, 1.165) is 11.1 Å². The second-order valence-electron chi connectivity index (χ2n) is 3.81. The summed E-state index contributed by atoms with van der Waals surface area (Å²) in [5.41, 5.74) is 1.72. The van der Waals surface area contributed by atoms with Crippen molar-refractivity contribution in [3.05, 3.63) is 47.6 Å². The summed E-state index contributed by atoms with van der Waals surface area (Å²) in [5.74, 6) is -0.0666. The van der Waals surface area contributed by atoms with E-state index in [1.54, 1.807) is 13.0 Å². The summed E-state index contributed by atoms with van der Waals surface area (Å²) >= 11 is 0. The molecular weight excluding hydrogens is 200 g/mol. The van der Waals surface area contributed by atoms with Gasteiger partial charge in [0, 0.05) is 0 Å². The number of hydrogen-bond donors (Lipinski definition) is 2. The van der Waals surface area contributed by atoms with Crippen molar-refractivity contribution in [2.45, 2.75) is 26.7 Å². The fourth-order valence-corrected chi connectivity index (χ4v) is 1.33. The molecule has 1 aliphatic carbocycles. The maximum Gasteiger partial charge on any atom is 0.160 e. The van der Waals surface area contributed by atoms with E-state index in [1.807, 2.05) is 6.92 Å². The second-order valence-corrected chi connectivity index (χ2v) is 3.81. The van der Waals surface area contributed by atoms with Crippen LogP contribution in [0.1, 0.15) is 24.0 Å². The molecule has 0 aliphatic heterocycles. The minimum atomic E-state index is -0.0527. The van der Waals surface area contributed by atoms with Crippen molar-refractivity contribution in [1.82, 2.24) is 0 Å². The smallest absolute Gasteiger partial charge is 0.160 e. The third-order valence-electron chi connectivity index (χ3n) is 2.56. The van der Waals surface area contributed by atoms with Gasteiger partial charge in [-0.15, -0.1) is 0 Å². The average Bonchev–Trinajstić information content (AvgIpc) is 2.35. The van der Waals surface area contributed by atoms with E-state index in [1.165, 1.54) is 18.9 Å². The number of allylic oxidation sites excluding steroid dienone is 4. The molecule has 1 aliphatic rings. The number of phenols is 2. The van der Waals surface area contributed by atoms with E-state index in [0.29, 0.717) is 0 Å². The first-order valence-electron chi connectivity index (χ1n) is 5.42. The molecule has 2 rings (SSSR count). The summed E-state index contributed by atoms with van der Waals surface area (Å²) in [6, 6.07) is 3.25. The first-order valence-corrected chi connectivity index (χ1v) is 5.42. The molecule has 2 N–H and O–H groups in total. The molecule has 0 unspecified atom stereocenters. The van der Waals surface area contributed by atoms with Gasteiger partial charge >= 0.3 is 0 Å². The highest BCUT2D eigenvalue weighted by Crippen LogP contribution is 2.29.